The minimum Gasteiger partial charge on any atom is -0.478 e. The Balaban J connectivity index is 2.10. The number of aromatic carboxylic acids is 1. The number of nitrogens with zero attached hydrogens (tertiary/aromatic N) is 1. The molecule has 3 rings (SSSR count). The number of carboxylic acid groups (broad SMARTS) is 1. The maximum atomic E-state index is 13.6. The Morgan fingerprint density at radius 3 is 2.39 bits per heavy atom. The van der Waals surface area contributed by atoms with Crippen LogP contribution in [0.2, 0.25) is 0 Å². The molecule has 0 fully saturated rings. The molecular weight excluding hydrogens is 300 g/mol. The van der Waals surface area contributed by atoms with Crippen LogP contribution in [0.3, 0.4) is 0 Å². The minimum absolute atomic E-state index is 0.0873. The summed E-state index contributed by atoms with van der Waals surface area (Å²) in [4.78, 5) is 15.7. The summed E-state index contributed by atoms with van der Waals surface area (Å²) in [7, 11) is 0. The van der Waals surface area contributed by atoms with Crippen molar-refractivity contribution in [3.05, 3.63) is 77.0 Å². The summed E-state index contributed by atoms with van der Waals surface area (Å²) < 4.78 is 27.2. The molecule has 0 spiro atoms. The Labute approximate surface area is 130 Å². The largest absolute Gasteiger partial charge is 0.478 e. The number of para-hydroxylation sites is 1. The smallest absolute Gasteiger partial charge is 0.336 e. The Morgan fingerprint density at radius 1 is 1.00 bits per heavy atom. The molecule has 0 saturated carbocycles. The number of halogens is 2. The van der Waals surface area contributed by atoms with Crippen LogP contribution in [-0.2, 0) is 0 Å². The molecule has 0 aliphatic carbocycles. The predicted molar refractivity (Wildman–Crippen MR) is 84.0 cm³/mol. The van der Waals surface area contributed by atoms with E-state index in [2.05, 4.69) is 4.98 Å². The fourth-order valence-electron chi connectivity index (χ4n) is 2.30. The maximum Gasteiger partial charge on any atom is 0.336 e. The predicted octanol–water partition coefficient (Wildman–Crippen LogP) is 4.38. The zero-order valence-electron chi connectivity index (χ0n) is 11.8. The van der Waals surface area contributed by atoms with Gasteiger partial charge in [-0.05, 0) is 36.4 Å². The second kappa shape index (κ2) is 5.96. The number of hydrogen-bond donors (Lipinski definition) is 1. The van der Waals surface area contributed by atoms with Crippen LogP contribution in [0.5, 0.6) is 0 Å². The van der Waals surface area contributed by atoms with Gasteiger partial charge in [0.2, 0.25) is 0 Å². The van der Waals surface area contributed by atoms with Crippen LogP contribution in [0, 0.1) is 11.6 Å². The third-order valence-corrected chi connectivity index (χ3v) is 3.39. The Hall–Kier alpha value is -3.08. The summed E-state index contributed by atoms with van der Waals surface area (Å²) in [6, 6.07) is 11.8. The van der Waals surface area contributed by atoms with E-state index in [4.69, 9.17) is 0 Å². The molecule has 1 heterocycles. The standard InChI is InChI=1S/C18H11F2NO2/c19-15-5-3-6-16(20)13(15)9-8-11-10-14(18(22)23)12-4-1-2-7-17(12)21-11/h1-10H,(H,22,23)/b9-8+. The van der Waals surface area contributed by atoms with Crippen molar-refractivity contribution in [2.45, 2.75) is 0 Å². The molecule has 1 aromatic heterocycles. The third-order valence-electron chi connectivity index (χ3n) is 3.39. The number of pyridine rings is 1. The molecule has 0 unspecified atom stereocenters. The van der Waals surface area contributed by atoms with Gasteiger partial charge in [0.05, 0.1) is 16.8 Å². The molecule has 0 bridgehead atoms. The van der Waals surface area contributed by atoms with Crippen LogP contribution in [-0.4, -0.2) is 16.1 Å². The average Bonchev–Trinajstić information content (AvgIpc) is 2.53. The van der Waals surface area contributed by atoms with Gasteiger partial charge in [0.15, 0.2) is 0 Å². The van der Waals surface area contributed by atoms with Gasteiger partial charge >= 0.3 is 5.97 Å². The number of benzene rings is 2. The summed E-state index contributed by atoms with van der Waals surface area (Å²) in [6.07, 6.45) is 2.63. The molecule has 5 heteroatoms. The molecule has 1 N–H and O–H groups in total. The molecule has 0 saturated heterocycles. The van der Waals surface area contributed by atoms with Crippen molar-refractivity contribution in [1.29, 1.82) is 0 Å². The first kappa shape index (κ1) is 14.8. The van der Waals surface area contributed by atoms with E-state index >= 15 is 0 Å². The van der Waals surface area contributed by atoms with Gasteiger partial charge < -0.3 is 5.11 Å². The number of aromatic nitrogens is 1. The molecular formula is C18H11F2NO2. The number of hydrogen-bond acceptors (Lipinski definition) is 2. The van der Waals surface area contributed by atoms with Crippen LogP contribution >= 0.6 is 0 Å². The van der Waals surface area contributed by atoms with E-state index < -0.39 is 17.6 Å². The van der Waals surface area contributed by atoms with Gasteiger partial charge in [-0.3, -0.25) is 0 Å². The van der Waals surface area contributed by atoms with Gasteiger partial charge in [0.1, 0.15) is 11.6 Å². The summed E-state index contributed by atoms with van der Waals surface area (Å²) in [6.45, 7) is 0. The number of rotatable bonds is 3. The van der Waals surface area contributed by atoms with Crippen LogP contribution in [0.25, 0.3) is 23.1 Å². The molecule has 114 valence electrons. The normalized spacial score (nSPS) is 11.2. The Kier molecular flexibility index (Phi) is 3.85. The van der Waals surface area contributed by atoms with Crippen molar-refractivity contribution in [2.75, 3.05) is 0 Å². The SMILES string of the molecule is O=C(O)c1cc(/C=C/c2c(F)cccc2F)nc2ccccc12. The average molecular weight is 311 g/mol. The molecule has 0 amide bonds. The lowest BCUT2D eigenvalue weighted by Gasteiger charge is -2.04. The fraction of sp³-hybridized carbons (Fsp3) is 0. The van der Waals surface area contributed by atoms with Gasteiger partial charge in [-0.1, -0.05) is 24.3 Å². The maximum absolute atomic E-state index is 13.6. The summed E-state index contributed by atoms with van der Waals surface area (Å²) in [5.74, 6) is -2.48. The quantitative estimate of drug-likeness (QED) is 0.781. The minimum atomic E-state index is -1.09. The molecule has 3 aromatic rings. The van der Waals surface area contributed by atoms with E-state index in [1.165, 1.54) is 24.3 Å². The lowest BCUT2D eigenvalue weighted by molar-refractivity contribution is 0.0699. The van der Waals surface area contributed by atoms with Crippen LogP contribution in [0.1, 0.15) is 21.6 Å². The van der Waals surface area contributed by atoms with E-state index in [0.29, 0.717) is 16.6 Å². The van der Waals surface area contributed by atoms with Gasteiger partial charge in [0.25, 0.3) is 0 Å². The summed E-state index contributed by atoms with van der Waals surface area (Å²) >= 11 is 0. The molecule has 2 aromatic carbocycles. The topological polar surface area (TPSA) is 50.2 Å². The van der Waals surface area contributed by atoms with Gasteiger partial charge in [0, 0.05) is 10.9 Å². The highest BCUT2D eigenvalue weighted by Crippen LogP contribution is 2.21. The van der Waals surface area contributed by atoms with Crippen molar-refractivity contribution in [1.82, 2.24) is 4.98 Å². The third kappa shape index (κ3) is 2.94. The molecule has 0 atom stereocenters. The fourth-order valence-corrected chi connectivity index (χ4v) is 2.30. The van der Waals surface area contributed by atoms with Gasteiger partial charge in [-0.2, -0.15) is 0 Å². The van der Waals surface area contributed by atoms with E-state index in [1.807, 2.05) is 0 Å². The second-order valence-electron chi connectivity index (χ2n) is 4.89. The van der Waals surface area contributed by atoms with Crippen LogP contribution in [0.4, 0.5) is 8.78 Å². The number of carbonyl (C=O) groups is 1. The van der Waals surface area contributed by atoms with E-state index in [-0.39, 0.29) is 11.1 Å². The van der Waals surface area contributed by atoms with Crippen molar-refractivity contribution in [3.8, 4) is 0 Å². The van der Waals surface area contributed by atoms with Crippen molar-refractivity contribution in [3.63, 3.8) is 0 Å². The van der Waals surface area contributed by atoms with Crippen LogP contribution in [0.15, 0.2) is 48.5 Å². The van der Waals surface area contributed by atoms with E-state index in [1.54, 1.807) is 24.3 Å². The highest BCUT2D eigenvalue weighted by Gasteiger charge is 2.11. The summed E-state index contributed by atoms with van der Waals surface area (Å²) in [5, 5.41) is 9.82. The zero-order chi connectivity index (χ0) is 16.4. The van der Waals surface area contributed by atoms with Gasteiger partial charge in [-0.15, -0.1) is 0 Å². The molecule has 3 nitrogen and oxygen atoms in total. The first-order valence-corrected chi connectivity index (χ1v) is 6.81. The first-order valence-electron chi connectivity index (χ1n) is 6.81. The highest BCUT2D eigenvalue weighted by molar-refractivity contribution is 6.03. The zero-order valence-corrected chi connectivity index (χ0v) is 11.8. The monoisotopic (exact) mass is 311 g/mol. The van der Waals surface area contributed by atoms with Crippen LogP contribution < -0.4 is 0 Å². The number of carboxylic acids is 1. The lowest BCUT2D eigenvalue weighted by Crippen LogP contribution is -2.00. The van der Waals surface area contributed by atoms with Crippen molar-refractivity contribution in [2.24, 2.45) is 0 Å². The molecule has 0 aliphatic rings. The molecule has 0 radical (unpaired) electrons. The van der Waals surface area contributed by atoms with E-state index in [9.17, 15) is 18.7 Å². The second-order valence-corrected chi connectivity index (χ2v) is 4.89. The highest BCUT2D eigenvalue weighted by atomic mass is 19.1. The first-order chi connectivity index (χ1) is 11.1. The molecule has 0 aliphatic heterocycles. The Bertz CT molecular complexity index is 915. The van der Waals surface area contributed by atoms with E-state index in [0.717, 1.165) is 12.1 Å². The summed E-state index contributed by atoms with van der Waals surface area (Å²) in [5.41, 5.74) is 0.702. The molecule has 23 heavy (non-hydrogen) atoms. The van der Waals surface area contributed by atoms with Crippen molar-refractivity contribution >= 4 is 29.0 Å². The Morgan fingerprint density at radius 2 is 1.70 bits per heavy atom. The lowest BCUT2D eigenvalue weighted by atomic mass is 10.1. The van der Waals surface area contributed by atoms with Gasteiger partial charge in [-0.25, -0.2) is 18.6 Å². The van der Waals surface area contributed by atoms with Crippen molar-refractivity contribution < 1.29 is 18.7 Å². The number of fused-ring (bicyclic) bond motifs is 1.